The van der Waals surface area contributed by atoms with E-state index in [1.165, 1.54) is 12.3 Å². The lowest BCUT2D eigenvalue weighted by Crippen LogP contribution is -2.30. The predicted octanol–water partition coefficient (Wildman–Crippen LogP) is 1.42. The minimum absolute atomic E-state index is 0.0557. The maximum Gasteiger partial charge on any atom is 0.272 e. The van der Waals surface area contributed by atoms with E-state index < -0.39 is 11.5 Å². The molecule has 22 heavy (non-hydrogen) atoms. The lowest BCUT2D eigenvalue weighted by Gasteiger charge is -2.22. The third-order valence-electron chi connectivity index (χ3n) is 3.48. The second-order valence-electron chi connectivity index (χ2n) is 5.01. The first-order valence-corrected chi connectivity index (χ1v) is 7.40. The molecule has 1 fully saturated rings. The summed E-state index contributed by atoms with van der Waals surface area (Å²) < 4.78 is 13.3. The molecule has 116 valence electrons. The maximum absolute atomic E-state index is 13.3. The molecule has 1 saturated heterocycles. The average molecular weight is 324 g/mol. The quantitative estimate of drug-likeness (QED) is 0.818. The van der Waals surface area contributed by atoms with Crippen LogP contribution in [-0.4, -0.2) is 41.1 Å². The van der Waals surface area contributed by atoms with Gasteiger partial charge in [-0.25, -0.2) is 9.97 Å². The van der Waals surface area contributed by atoms with Gasteiger partial charge in [0.25, 0.3) is 5.56 Å². The van der Waals surface area contributed by atoms with Gasteiger partial charge < -0.3 is 15.2 Å². The van der Waals surface area contributed by atoms with Crippen molar-refractivity contribution in [1.82, 2.24) is 20.3 Å². The van der Waals surface area contributed by atoms with Crippen LogP contribution in [0.4, 0.5) is 10.2 Å². The Morgan fingerprint density at radius 2 is 2.18 bits per heavy atom. The Morgan fingerprint density at radius 3 is 3.00 bits per heavy atom. The van der Waals surface area contributed by atoms with Crippen molar-refractivity contribution in [3.05, 3.63) is 39.7 Å². The Hall–Kier alpha value is -1.99. The fourth-order valence-electron chi connectivity index (χ4n) is 2.40. The summed E-state index contributed by atoms with van der Waals surface area (Å²) in [6.07, 6.45) is 2.26. The zero-order chi connectivity index (χ0) is 15.5. The highest BCUT2D eigenvalue weighted by Gasteiger charge is 2.18. The fourth-order valence-corrected chi connectivity index (χ4v) is 2.61. The number of H-pyrrole nitrogens is 1. The third-order valence-corrected chi connectivity index (χ3v) is 3.83. The van der Waals surface area contributed by atoms with Crippen LogP contribution in [0.25, 0.3) is 11.4 Å². The van der Waals surface area contributed by atoms with Gasteiger partial charge in [-0.2, -0.15) is 4.39 Å². The first-order chi connectivity index (χ1) is 10.6. The van der Waals surface area contributed by atoms with Crippen LogP contribution in [0, 0.1) is 5.95 Å². The summed E-state index contributed by atoms with van der Waals surface area (Å²) >= 11 is 6.12. The van der Waals surface area contributed by atoms with Gasteiger partial charge in [0.1, 0.15) is 10.8 Å². The average Bonchev–Trinajstić information content (AvgIpc) is 2.79. The van der Waals surface area contributed by atoms with E-state index in [-0.39, 0.29) is 10.8 Å². The standard InChI is InChI=1S/C14H15ClFN5O/c15-11-13(21-6-1-3-17-5-7-21)19-12(20-14(11)22)9-2-4-18-10(16)8-9/h2,4,8,17H,1,3,5-7H2,(H,19,20,22). The molecule has 2 aromatic heterocycles. The predicted molar refractivity (Wildman–Crippen MR) is 82.8 cm³/mol. The molecule has 2 aromatic rings. The zero-order valence-electron chi connectivity index (χ0n) is 11.8. The molecular formula is C14H15ClFN5O. The van der Waals surface area contributed by atoms with Gasteiger partial charge in [-0.05, 0) is 19.0 Å². The van der Waals surface area contributed by atoms with Gasteiger partial charge in [0.2, 0.25) is 5.95 Å². The molecule has 3 heterocycles. The molecule has 0 saturated carbocycles. The highest BCUT2D eigenvalue weighted by molar-refractivity contribution is 6.32. The summed E-state index contributed by atoms with van der Waals surface area (Å²) in [6, 6.07) is 2.81. The maximum atomic E-state index is 13.3. The van der Waals surface area contributed by atoms with Crippen LogP contribution in [0.1, 0.15) is 6.42 Å². The van der Waals surface area contributed by atoms with Crippen molar-refractivity contribution >= 4 is 17.4 Å². The van der Waals surface area contributed by atoms with Gasteiger partial charge >= 0.3 is 0 Å². The lowest BCUT2D eigenvalue weighted by atomic mass is 10.2. The van der Waals surface area contributed by atoms with Crippen molar-refractivity contribution in [3.63, 3.8) is 0 Å². The van der Waals surface area contributed by atoms with Crippen molar-refractivity contribution in [2.24, 2.45) is 0 Å². The largest absolute Gasteiger partial charge is 0.354 e. The summed E-state index contributed by atoms with van der Waals surface area (Å²) in [5, 5.41) is 3.33. The highest BCUT2D eigenvalue weighted by atomic mass is 35.5. The van der Waals surface area contributed by atoms with Gasteiger partial charge in [-0.1, -0.05) is 11.6 Å². The van der Waals surface area contributed by atoms with Crippen molar-refractivity contribution in [3.8, 4) is 11.4 Å². The van der Waals surface area contributed by atoms with E-state index in [1.807, 2.05) is 4.90 Å². The first-order valence-electron chi connectivity index (χ1n) is 7.02. The molecule has 6 nitrogen and oxygen atoms in total. The number of halogens is 2. The van der Waals surface area contributed by atoms with E-state index in [9.17, 15) is 9.18 Å². The second-order valence-corrected chi connectivity index (χ2v) is 5.39. The Bertz CT molecular complexity index is 727. The van der Waals surface area contributed by atoms with Crippen LogP contribution in [-0.2, 0) is 0 Å². The van der Waals surface area contributed by atoms with Crippen molar-refractivity contribution < 1.29 is 4.39 Å². The molecule has 0 aliphatic carbocycles. The van der Waals surface area contributed by atoms with Gasteiger partial charge in [-0.3, -0.25) is 4.79 Å². The summed E-state index contributed by atoms with van der Waals surface area (Å²) in [5.41, 5.74) is 0.0200. The minimum Gasteiger partial charge on any atom is -0.354 e. The molecule has 2 N–H and O–H groups in total. The lowest BCUT2D eigenvalue weighted by molar-refractivity contribution is 0.584. The molecule has 0 unspecified atom stereocenters. The first kappa shape index (κ1) is 14.9. The number of nitrogens with one attached hydrogen (secondary N) is 2. The van der Waals surface area contributed by atoms with Crippen LogP contribution in [0.15, 0.2) is 23.1 Å². The van der Waals surface area contributed by atoms with Gasteiger partial charge in [0.05, 0.1) is 0 Å². The number of pyridine rings is 1. The Balaban J connectivity index is 2.05. The molecule has 0 radical (unpaired) electrons. The summed E-state index contributed by atoms with van der Waals surface area (Å²) in [5.74, 6) is 0.0832. The van der Waals surface area contributed by atoms with Crippen molar-refractivity contribution in [2.45, 2.75) is 6.42 Å². The number of aromatic amines is 1. The van der Waals surface area contributed by atoms with Crippen LogP contribution < -0.4 is 15.8 Å². The van der Waals surface area contributed by atoms with Crippen LogP contribution in [0.5, 0.6) is 0 Å². The van der Waals surface area contributed by atoms with Gasteiger partial charge in [0.15, 0.2) is 5.82 Å². The summed E-state index contributed by atoms with van der Waals surface area (Å²) in [4.78, 5) is 24.5. The smallest absolute Gasteiger partial charge is 0.272 e. The molecule has 0 spiro atoms. The molecular weight excluding hydrogens is 309 g/mol. The zero-order valence-corrected chi connectivity index (χ0v) is 12.5. The molecule has 3 rings (SSSR count). The van der Waals surface area contributed by atoms with Crippen molar-refractivity contribution in [2.75, 3.05) is 31.1 Å². The molecule has 0 bridgehead atoms. The van der Waals surface area contributed by atoms with E-state index >= 15 is 0 Å². The Kier molecular flexibility index (Phi) is 4.35. The van der Waals surface area contributed by atoms with Crippen LogP contribution in [0.2, 0.25) is 5.02 Å². The normalized spacial score (nSPS) is 15.6. The molecule has 1 aliphatic rings. The summed E-state index contributed by atoms with van der Waals surface area (Å²) in [6.45, 7) is 3.18. The molecule has 0 aromatic carbocycles. The number of aromatic nitrogens is 3. The Labute approximate surface area is 131 Å². The van der Waals surface area contributed by atoms with Crippen LogP contribution in [0.3, 0.4) is 0 Å². The third kappa shape index (κ3) is 3.10. The Morgan fingerprint density at radius 1 is 1.32 bits per heavy atom. The minimum atomic E-state index is -0.629. The number of hydrogen-bond acceptors (Lipinski definition) is 5. The van der Waals surface area contributed by atoms with E-state index in [0.29, 0.717) is 17.9 Å². The molecule has 0 atom stereocenters. The molecule has 1 aliphatic heterocycles. The highest BCUT2D eigenvalue weighted by Crippen LogP contribution is 2.23. The molecule has 0 amide bonds. The van der Waals surface area contributed by atoms with E-state index in [1.54, 1.807) is 6.07 Å². The van der Waals surface area contributed by atoms with Crippen molar-refractivity contribution in [1.29, 1.82) is 0 Å². The number of anilines is 1. The van der Waals surface area contributed by atoms with E-state index in [4.69, 9.17) is 11.6 Å². The summed E-state index contributed by atoms with van der Waals surface area (Å²) in [7, 11) is 0. The SMILES string of the molecule is O=c1[nH]c(-c2ccnc(F)c2)nc(N2CCCNCC2)c1Cl. The fraction of sp³-hybridized carbons (Fsp3) is 0.357. The van der Waals surface area contributed by atoms with E-state index in [2.05, 4.69) is 20.3 Å². The molecule has 8 heteroatoms. The van der Waals surface area contributed by atoms with Gasteiger partial charge in [0, 0.05) is 37.5 Å². The number of rotatable bonds is 2. The number of nitrogens with zero attached hydrogens (tertiary/aromatic N) is 3. The van der Waals surface area contributed by atoms with E-state index in [0.717, 1.165) is 26.1 Å². The van der Waals surface area contributed by atoms with Gasteiger partial charge in [-0.15, -0.1) is 0 Å². The monoisotopic (exact) mass is 323 g/mol. The topological polar surface area (TPSA) is 73.9 Å². The second kappa shape index (κ2) is 6.41. The van der Waals surface area contributed by atoms with Crippen LogP contribution >= 0.6 is 11.6 Å². The number of hydrogen-bond donors (Lipinski definition) is 2.